The Kier molecular flexibility index (Phi) is 4.10. The Morgan fingerprint density at radius 3 is 2.52 bits per heavy atom. The topological polar surface area (TPSA) is 48.0 Å². The average Bonchev–Trinajstić information content (AvgIpc) is 2.59. The van der Waals surface area contributed by atoms with E-state index < -0.39 is 0 Å². The van der Waals surface area contributed by atoms with Gasteiger partial charge in [0.25, 0.3) is 0 Å². The Morgan fingerprint density at radius 1 is 1.13 bits per heavy atom. The SMILES string of the molecule is COC1=CC=C2C(N(C)c3ccc(OC)cc3)=CC(=O)OC2C1. The molecule has 120 valence electrons. The molecule has 1 aromatic rings. The van der Waals surface area contributed by atoms with Crippen LogP contribution in [0.25, 0.3) is 0 Å². The molecule has 2 aliphatic rings. The van der Waals surface area contributed by atoms with Crippen molar-refractivity contribution in [2.75, 3.05) is 26.2 Å². The van der Waals surface area contributed by atoms with E-state index in [1.54, 1.807) is 14.2 Å². The highest BCUT2D eigenvalue weighted by molar-refractivity contribution is 5.87. The quantitative estimate of drug-likeness (QED) is 0.800. The Bertz CT molecular complexity index is 700. The number of methoxy groups -OCH3 is 2. The number of fused-ring (bicyclic) bond motifs is 1. The number of nitrogens with zero attached hydrogens (tertiary/aromatic N) is 1. The highest BCUT2D eigenvalue weighted by Crippen LogP contribution is 2.34. The molecule has 0 spiro atoms. The van der Waals surface area contributed by atoms with Crippen molar-refractivity contribution >= 4 is 11.7 Å². The molecule has 0 amide bonds. The fourth-order valence-corrected chi connectivity index (χ4v) is 2.76. The fourth-order valence-electron chi connectivity index (χ4n) is 2.76. The van der Waals surface area contributed by atoms with Crippen molar-refractivity contribution in [3.05, 3.63) is 59.5 Å². The predicted molar refractivity (Wildman–Crippen MR) is 87.2 cm³/mol. The molecular weight excluding hydrogens is 294 g/mol. The molecule has 1 aromatic carbocycles. The molecule has 0 aromatic heterocycles. The summed E-state index contributed by atoms with van der Waals surface area (Å²) in [7, 11) is 5.19. The van der Waals surface area contributed by atoms with Crippen molar-refractivity contribution in [2.45, 2.75) is 12.5 Å². The van der Waals surface area contributed by atoms with Crippen molar-refractivity contribution in [1.29, 1.82) is 0 Å². The van der Waals surface area contributed by atoms with E-state index in [0.717, 1.165) is 28.5 Å². The number of anilines is 1. The van der Waals surface area contributed by atoms with Gasteiger partial charge in [-0.05, 0) is 36.4 Å². The summed E-state index contributed by atoms with van der Waals surface area (Å²) in [6.07, 6.45) is 5.65. The summed E-state index contributed by atoms with van der Waals surface area (Å²) in [6.45, 7) is 0. The van der Waals surface area contributed by atoms with Gasteiger partial charge in [0.05, 0.1) is 25.7 Å². The fraction of sp³-hybridized carbons (Fsp3) is 0.278. The number of hydrogen-bond acceptors (Lipinski definition) is 5. The van der Waals surface area contributed by atoms with E-state index in [4.69, 9.17) is 14.2 Å². The Hall–Kier alpha value is -2.69. The Balaban J connectivity index is 1.94. The molecule has 1 atom stereocenters. The molecule has 0 saturated heterocycles. The smallest absolute Gasteiger partial charge is 0.333 e. The van der Waals surface area contributed by atoms with Crippen LogP contribution < -0.4 is 9.64 Å². The Labute approximate surface area is 135 Å². The van der Waals surface area contributed by atoms with Crippen molar-refractivity contribution < 1.29 is 19.0 Å². The number of carbonyl (C=O) groups excluding carboxylic acids is 1. The van der Waals surface area contributed by atoms with Crippen LogP contribution in [-0.4, -0.2) is 33.3 Å². The van der Waals surface area contributed by atoms with Crippen LogP contribution in [0.5, 0.6) is 5.75 Å². The maximum absolute atomic E-state index is 11.9. The van der Waals surface area contributed by atoms with E-state index >= 15 is 0 Å². The van der Waals surface area contributed by atoms with Gasteiger partial charge in [0.1, 0.15) is 11.9 Å². The first kappa shape index (κ1) is 15.2. The molecule has 0 saturated carbocycles. The van der Waals surface area contributed by atoms with Gasteiger partial charge in [0.15, 0.2) is 0 Å². The van der Waals surface area contributed by atoms with E-state index in [0.29, 0.717) is 6.42 Å². The van der Waals surface area contributed by atoms with Crippen molar-refractivity contribution in [1.82, 2.24) is 0 Å². The highest BCUT2D eigenvalue weighted by atomic mass is 16.5. The van der Waals surface area contributed by atoms with Crippen LogP contribution in [0, 0.1) is 0 Å². The summed E-state index contributed by atoms with van der Waals surface area (Å²) in [4.78, 5) is 13.9. The molecular formula is C18H19NO4. The summed E-state index contributed by atoms with van der Waals surface area (Å²) in [5, 5.41) is 0. The van der Waals surface area contributed by atoms with Gasteiger partial charge in [-0.2, -0.15) is 0 Å². The summed E-state index contributed by atoms with van der Waals surface area (Å²) < 4.78 is 15.9. The van der Waals surface area contributed by atoms with Gasteiger partial charge in [0.2, 0.25) is 0 Å². The van der Waals surface area contributed by atoms with Gasteiger partial charge in [-0.3, -0.25) is 0 Å². The van der Waals surface area contributed by atoms with Crippen LogP contribution in [0.15, 0.2) is 59.5 Å². The van der Waals surface area contributed by atoms with Crippen molar-refractivity contribution in [3.63, 3.8) is 0 Å². The summed E-state index contributed by atoms with van der Waals surface area (Å²) in [6, 6.07) is 7.69. The zero-order chi connectivity index (χ0) is 16.4. The minimum atomic E-state index is -0.333. The van der Waals surface area contributed by atoms with E-state index in [2.05, 4.69) is 0 Å². The molecule has 0 radical (unpaired) electrons. The summed E-state index contributed by atoms with van der Waals surface area (Å²) >= 11 is 0. The normalized spacial score (nSPS) is 19.7. The van der Waals surface area contributed by atoms with E-state index in [1.807, 2.05) is 48.4 Å². The average molecular weight is 313 g/mol. The van der Waals surface area contributed by atoms with Crippen LogP contribution >= 0.6 is 0 Å². The number of allylic oxidation sites excluding steroid dienone is 2. The zero-order valence-corrected chi connectivity index (χ0v) is 13.4. The monoisotopic (exact) mass is 313 g/mol. The number of rotatable bonds is 4. The van der Waals surface area contributed by atoms with Gasteiger partial charge in [-0.1, -0.05) is 0 Å². The van der Waals surface area contributed by atoms with Crippen LogP contribution in [0.4, 0.5) is 5.69 Å². The lowest BCUT2D eigenvalue weighted by atomic mass is 9.94. The number of benzene rings is 1. The first-order valence-electron chi connectivity index (χ1n) is 7.37. The van der Waals surface area contributed by atoms with Crippen molar-refractivity contribution in [2.24, 2.45) is 0 Å². The summed E-state index contributed by atoms with van der Waals surface area (Å²) in [5.74, 6) is 1.27. The number of likely N-dealkylation sites (N-methyl/N-ethyl adjacent to an activating group) is 1. The second-order valence-corrected chi connectivity index (χ2v) is 5.38. The highest BCUT2D eigenvalue weighted by Gasteiger charge is 2.32. The molecule has 23 heavy (non-hydrogen) atoms. The van der Waals surface area contributed by atoms with E-state index in [-0.39, 0.29) is 12.1 Å². The maximum atomic E-state index is 11.9. The lowest BCUT2D eigenvalue weighted by molar-refractivity contribution is -0.142. The van der Waals surface area contributed by atoms with Crippen LogP contribution in [0.3, 0.4) is 0 Å². The van der Waals surface area contributed by atoms with Gasteiger partial charge < -0.3 is 19.1 Å². The third kappa shape index (κ3) is 2.95. The standard InChI is InChI=1S/C18H19NO4/c1-19(12-4-6-13(21-2)7-5-12)16-11-18(20)23-17-10-14(22-3)8-9-15(16)17/h4-9,11,17H,10H2,1-3H3. The molecule has 1 aliphatic heterocycles. The van der Waals surface area contributed by atoms with Gasteiger partial charge in [-0.25, -0.2) is 4.79 Å². The molecule has 1 aliphatic carbocycles. The predicted octanol–water partition coefficient (Wildman–Crippen LogP) is 2.80. The first-order chi connectivity index (χ1) is 11.1. The molecule has 0 bridgehead atoms. The number of carbonyl (C=O) groups is 1. The molecule has 1 heterocycles. The molecule has 0 fully saturated rings. The molecule has 1 unspecified atom stereocenters. The lowest BCUT2D eigenvalue weighted by Crippen LogP contribution is -2.33. The lowest BCUT2D eigenvalue weighted by Gasteiger charge is -2.33. The molecule has 5 nitrogen and oxygen atoms in total. The van der Waals surface area contributed by atoms with Gasteiger partial charge in [0, 0.05) is 30.8 Å². The second kappa shape index (κ2) is 6.20. The third-order valence-electron chi connectivity index (χ3n) is 4.07. The zero-order valence-electron chi connectivity index (χ0n) is 13.4. The second-order valence-electron chi connectivity index (χ2n) is 5.38. The Morgan fingerprint density at radius 2 is 1.87 bits per heavy atom. The van der Waals surface area contributed by atoms with Crippen LogP contribution in [0.1, 0.15) is 6.42 Å². The molecule has 5 heteroatoms. The van der Waals surface area contributed by atoms with E-state index in [1.165, 1.54) is 6.08 Å². The molecule has 0 N–H and O–H groups in total. The largest absolute Gasteiger partial charge is 0.501 e. The van der Waals surface area contributed by atoms with E-state index in [9.17, 15) is 4.79 Å². The summed E-state index contributed by atoms with van der Waals surface area (Å²) in [5.41, 5.74) is 2.78. The number of ether oxygens (including phenoxy) is 3. The van der Waals surface area contributed by atoms with Crippen LogP contribution in [-0.2, 0) is 14.3 Å². The van der Waals surface area contributed by atoms with Gasteiger partial charge in [-0.15, -0.1) is 0 Å². The minimum Gasteiger partial charge on any atom is -0.501 e. The third-order valence-corrected chi connectivity index (χ3v) is 4.07. The van der Waals surface area contributed by atoms with Crippen LogP contribution in [0.2, 0.25) is 0 Å². The minimum absolute atomic E-state index is 0.303. The number of esters is 1. The maximum Gasteiger partial charge on any atom is 0.333 e. The van der Waals surface area contributed by atoms with Gasteiger partial charge >= 0.3 is 5.97 Å². The first-order valence-corrected chi connectivity index (χ1v) is 7.37. The number of hydrogen-bond donors (Lipinski definition) is 0. The molecule has 3 rings (SSSR count). The van der Waals surface area contributed by atoms with Crippen molar-refractivity contribution in [3.8, 4) is 5.75 Å².